The van der Waals surface area contributed by atoms with Crippen LogP contribution in [0.5, 0.6) is 0 Å². The number of carboxylic acid groups (broad SMARTS) is 1. The average molecular weight is 296 g/mol. The maximum absolute atomic E-state index is 11.8. The van der Waals surface area contributed by atoms with Gasteiger partial charge in [0, 0.05) is 11.8 Å². The molecule has 0 aliphatic heterocycles. The molecule has 2 rings (SSSR count). The molecule has 0 spiro atoms. The number of nitrogens with zero attached hydrogens (tertiary/aromatic N) is 4. The summed E-state index contributed by atoms with van der Waals surface area (Å²) >= 11 is 1.29. The molecule has 20 heavy (non-hydrogen) atoms. The molecule has 0 unspecified atom stereocenters. The van der Waals surface area contributed by atoms with Crippen LogP contribution in [0, 0.1) is 6.92 Å². The highest BCUT2D eigenvalue weighted by Gasteiger charge is 2.32. The molecular formula is C12H16N4O3S. The molecule has 1 N–H and O–H groups in total. The number of likely N-dealkylation sites (N-methyl/N-ethyl adjacent to an activating group) is 1. The Hall–Kier alpha value is -1.80. The fourth-order valence-corrected chi connectivity index (χ4v) is 2.59. The van der Waals surface area contributed by atoms with E-state index < -0.39 is 11.5 Å². The van der Waals surface area contributed by atoms with Gasteiger partial charge in [0.05, 0.1) is 6.54 Å². The fourth-order valence-electron chi connectivity index (χ4n) is 1.59. The molecule has 0 aromatic carbocycles. The standard InChI is InChI=1S/C12H16N4O3S/c1-7-5-9(17)16-11(13-7)20-8(14-16)6-15(4)12(2,3)10(18)19/h5H,6H2,1-4H3,(H,18,19). The molecule has 0 aliphatic carbocycles. The predicted octanol–water partition coefficient (Wildman–Crippen LogP) is 0.754. The van der Waals surface area contributed by atoms with E-state index in [9.17, 15) is 14.7 Å². The minimum atomic E-state index is -1.01. The zero-order valence-electron chi connectivity index (χ0n) is 11.7. The molecule has 108 valence electrons. The smallest absolute Gasteiger partial charge is 0.323 e. The van der Waals surface area contributed by atoms with Crippen LogP contribution in [0.25, 0.3) is 4.96 Å². The van der Waals surface area contributed by atoms with Gasteiger partial charge in [0.2, 0.25) is 4.96 Å². The number of aryl methyl sites for hydroxylation is 1. The average Bonchev–Trinajstić information content (AvgIpc) is 2.71. The highest BCUT2D eigenvalue weighted by molar-refractivity contribution is 7.16. The van der Waals surface area contributed by atoms with E-state index in [-0.39, 0.29) is 5.56 Å². The zero-order chi connectivity index (χ0) is 15.1. The van der Waals surface area contributed by atoms with E-state index in [1.54, 1.807) is 32.7 Å². The summed E-state index contributed by atoms with van der Waals surface area (Å²) in [6.07, 6.45) is 0. The Kier molecular flexibility index (Phi) is 3.61. The number of aromatic nitrogens is 3. The van der Waals surface area contributed by atoms with Gasteiger partial charge in [0.15, 0.2) is 0 Å². The number of carbonyl (C=O) groups is 1. The van der Waals surface area contributed by atoms with Gasteiger partial charge in [-0.05, 0) is 27.8 Å². The zero-order valence-corrected chi connectivity index (χ0v) is 12.6. The second-order valence-electron chi connectivity index (χ2n) is 5.15. The van der Waals surface area contributed by atoms with Crippen molar-refractivity contribution >= 4 is 22.3 Å². The summed E-state index contributed by atoms with van der Waals surface area (Å²) in [5.74, 6) is -0.910. The van der Waals surface area contributed by atoms with Crippen LogP contribution < -0.4 is 5.56 Å². The predicted molar refractivity (Wildman–Crippen MR) is 75.1 cm³/mol. The van der Waals surface area contributed by atoms with E-state index in [0.717, 1.165) is 0 Å². The van der Waals surface area contributed by atoms with Crippen molar-refractivity contribution < 1.29 is 9.90 Å². The second-order valence-corrected chi connectivity index (χ2v) is 6.19. The Bertz CT molecular complexity index is 719. The first-order valence-electron chi connectivity index (χ1n) is 6.03. The van der Waals surface area contributed by atoms with E-state index in [4.69, 9.17) is 0 Å². The minimum Gasteiger partial charge on any atom is -0.480 e. The first-order valence-corrected chi connectivity index (χ1v) is 6.84. The molecule has 2 aromatic rings. The van der Waals surface area contributed by atoms with Crippen molar-refractivity contribution in [2.24, 2.45) is 0 Å². The molecule has 2 heterocycles. The number of fused-ring (bicyclic) bond motifs is 1. The summed E-state index contributed by atoms with van der Waals surface area (Å²) in [4.78, 5) is 29.4. The molecule has 0 aliphatic rings. The Morgan fingerprint density at radius 1 is 1.55 bits per heavy atom. The van der Waals surface area contributed by atoms with Gasteiger partial charge in [-0.3, -0.25) is 14.5 Å². The highest BCUT2D eigenvalue weighted by atomic mass is 32.1. The van der Waals surface area contributed by atoms with Crippen LogP contribution >= 0.6 is 11.3 Å². The van der Waals surface area contributed by atoms with Crippen LogP contribution in [0.3, 0.4) is 0 Å². The summed E-state index contributed by atoms with van der Waals surface area (Å²) in [5, 5.41) is 14.0. The van der Waals surface area contributed by atoms with Gasteiger partial charge < -0.3 is 5.11 Å². The molecule has 0 saturated heterocycles. The topological polar surface area (TPSA) is 87.8 Å². The van der Waals surface area contributed by atoms with Crippen LogP contribution in [0.1, 0.15) is 24.5 Å². The second kappa shape index (κ2) is 4.95. The largest absolute Gasteiger partial charge is 0.480 e. The van der Waals surface area contributed by atoms with Crippen molar-refractivity contribution in [2.75, 3.05) is 7.05 Å². The molecule has 0 fully saturated rings. The fraction of sp³-hybridized carbons (Fsp3) is 0.500. The highest BCUT2D eigenvalue weighted by Crippen LogP contribution is 2.19. The third-order valence-corrected chi connectivity index (χ3v) is 4.16. The maximum Gasteiger partial charge on any atom is 0.323 e. The Balaban J connectivity index is 2.34. The molecule has 7 nitrogen and oxygen atoms in total. The minimum absolute atomic E-state index is 0.227. The number of aliphatic carboxylic acids is 1. The van der Waals surface area contributed by atoms with Gasteiger partial charge in [-0.25, -0.2) is 4.98 Å². The normalized spacial score (nSPS) is 12.2. The molecular weight excluding hydrogens is 280 g/mol. The Labute approximate surface area is 119 Å². The lowest BCUT2D eigenvalue weighted by Crippen LogP contribution is -2.47. The first-order chi connectivity index (χ1) is 9.21. The quantitative estimate of drug-likeness (QED) is 0.896. The third-order valence-electron chi connectivity index (χ3n) is 3.27. The molecule has 0 bridgehead atoms. The van der Waals surface area contributed by atoms with Crippen LogP contribution in [-0.2, 0) is 11.3 Å². The van der Waals surface area contributed by atoms with Crippen LogP contribution in [0.2, 0.25) is 0 Å². The molecule has 2 aromatic heterocycles. The molecule has 8 heteroatoms. The summed E-state index contributed by atoms with van der Waals surface area (Å²) < 4.78 is 1.24. The van der Waals surface area contributed by atoms with Crippen LogP contribution in [0.4, 0.5) is 0 Å². The SMILES string of the molecule is Cc1cc(=O)n2nc(CN(C)C(C)(C)C(=O)O)sc2n1. The van der Waals surface area contributed by atoms with E-state index >= 15 is 0 Å². The lowest BCUT2D eigenvalue weighted by Gasteiger charge is -2.30. The molecule has 0 atom stereocenters. The van der Waals surface area contributed by atoms with Gasteiger partial charge in [0.25, 0.3) is 5.56 Å². The van der Waals surface area contributed by atoms with Crippen LogP contribution in [-0.4, -0.2) is 43.2 Å². The number of rotatable bonds is 4. The van der Waals surface area contributed by atoms with E-state index in [0.29, 0.717) is 22.2 Å². The molecule has 0 radical (unpaired) electrons. The van der Waals surface area contributed by atoms with E-state index in [1.807, 2.05) is 0 Å². The number of carboxylic acids is 1. The van der Waals surface area contributed by atoms with Crippen molar-refractivity contribution in [3.05, 3.63) is 27.1 Å². The maximum atomic E-state index is 11.8. The lowest BCUT2D eigenvalue weighted by molar-refractivity contribution is -0.148. The number of hydrogen-bond acceptors (Lipinski definition) is 6. The summed E-state index contributed by atoms with van der Waals surface area (Å²) in [6, 6.07) is 1.42. The lowest BCUT2D eigenvalue weighted by atomic mass is 10.0. The van der Waals surface area contributed by atoms with Crippen molar-refractivity contribution in [3.63, 3.8) is 0 Å². The molecule has 0 saturated carbocycles. The van der Waals surface area contributed by atoms with Crippen molar-refractivity contribution in [3.8, 4) is 0 Å². The van der Waals surface area contributed by atoms with Gasteiger partial charge in [-0.2, -0.15) is 9.61 Å². The van der Waals surface area contributed by atoms with Gasteiger partial charge >= 0.3 is 5.97 Å². The van der Waals surface area contributed by atoms with Gasteiger partial charge in [0.1, 0.15) is 10.5 Å². The summed E-state index contributed by atoms with van der Waals surface area (Å²) in [6.45, 7) is 5.33. The monoisotopic (exact) mass is 296 g/mol. The summed E-state index contributed by atoms with van der Waals surface area (Å²) in [5.41, 5.74) is -0.592. The van der Waals surface area contributed by atoms with Crippen molar-refractivity contribution in [2.45, 2.75) is 32.9 Å². The number of hydrogen-bond donors (Lipinski definition) is 1. The van der Waals surface area contributed by atoms with Crippen LogP contribution in [0.15, 0.2) is 10.9 Å². The van der Waals surface area contributed by atoms with Crippen molar-refractivity contribution in [1.29, 1.82) is 0 Å². The van der Waals surface area contributed by atoms with Gasteiger partial charge in [-0.1, -0.05) is 11.3 Å². The molecule has 0 amide bonds. The Morgan fingerprint density at radius 2 is 2.20 bits per heavy atom. The van der Waals surface area contributed by atoms with Crippen molar-refractivity contribution in [1.82, 2.24) is 19.5 Å². The van der Waals surface area contributed by atoms with Gasteiger partial charge in [-0.15, -0.1) is 0 Å². The van der Waals surface area contributed by atoms with E-state index in [2.05, 4.69) is 10.1 Å². The van der Waals surface area contributed by atoms with E-state index in [1.165, 1.54) is 21.9 Å². The Morgan fingerprint density at radius 3 is 2.80 bits per heavy atom. The first kappa shape index (κ1) is 14.6. The third kappa shape index (κ3) is 2.56. The summed E-state index contributed by atoms with van der Waals surface area (Å²) in [7, 11) is 1.71.